The van der Waals surface area contributed by atoms with Crippen molar-refractivity contribution >= 4 is 27.8 Å². The predicted octanol–water partition coefficient (Wildman–Crippen LogP) is 2.32. The van der Waals surface area contributed by atoms with Crippen molar-refractivity contribution in [2.45, 2.75) is 19.4 Å². The van der Waals surface area contributed by atoms with Gasteiger partial charge in [0, 0.05) is 23.6 Å². The SMILES string of the molecule is Cc1nc(N[C@H]2CCN(C(=O)O)C2)ccc1Br. The number of aromatic nitrogens is 1. The van der Waals surface area contributed by atoms with Crippen LogP contribution < -0.4 is 5.32 Å². The smallest absolute Gasteiger partial charge is 0.407 e. The molecule has 1 fully saturated rings. The molecule has 2 N–H and O–H groups in total. The number of hydrogen-bond donors (Lipinski definition) is 2. The molecule has 1 aromatic rings. The highest BCUT2D eigenvalue weighted by Crippen LogP contribution is 2.19. The van der Waals surface area contributed by atoms with Crippen LogP contribution in [0.15, 0.2) is 16.6 Å². The molecule has 92 valence electrons. The summed E-state index contributed by atoms with van der Waals surface area (Å²) >= 11 is 3.39. The maximum Gasteiger partial charge on any atom is 0.407 e. The monoisotopic (exact) mass is 299 g/mol. The standard InChI is InChI=1S/C11H14BrN3O2/c1-7-9(12)2-3-10(13-7)14-8-4-5-15(6-8)11(16)17/h2-3,8H,4-6H2,1H3,(H,13,14)(H,16,17)/t8-/m0/s1. The second-order valence-corrected chi connectivity index (χ2v) is 4.98. The first kappa shape index (κ1) is 12.2. The Bertz CT molecular complexity index is 439. The van der Waals surface area contributed by atoms with Gasteiger partial charge in [-0.1, -0.05) is 0 Å². The van der Waals surface area contributed by atoms with E-state index in [1.54, 1.807) is 0 Å². The summed E-state index contributed by atoms with van der Waals surface area (Å²) in [6.45, 7) is 3.03. The van der Waals surface area contributed by atoms with Gasteiger partial charge in [0.05, 0.1) is 5.69 Å². The van der Waals surface area contributed by atoms with E-state index in [0.717, 1.165) is 22.4 Å². The first-order chi connectivity index (χ1) is 8.06. The number of halogens is 1. The first-order valence-corrected chi connectivity index (χ1v) is 6.23. The lowest BCUT2D eigenvalue weighted by molar-refractivity contribution is 0.155. The predicted molar refractivity (Wildman–Crippen MR) is 68.3 cm³/mol. The summed E-state index contributed by atoms with van der Waals surface area (Å²) in [6.07, 6.45) is -0.0300. The molecule has 5 nitrogen and oxygen atoms in total. The Balaban J connectivity index is 1.98. The average Bonchev–Trinajstić information content (AvgIpc) is 2.72. The van der Waals surface area contributed by atoms with Crippen LogP contribution in [0.4, 0.5) is 10.6 Å². The molecule has 1 aliphatic heterocycles. The zero-order valence-corrected chi connectivity index (χ0v) is 11.1. The van der Waals surface area contributed by atoms with Crippen LogP contribution in [0.1, 0.15) is 12.1 Å². The summed E-state index contributed by atoms with van der Waals surface area (Å²) in [6, 6.07) is 3.98. The van der Waals surface area contributed by atoms with E-state index in [4.69, 9.17) is 5.11 Å². The van der Waals surface area contributed by atoms with Crippen molar-refractivity contribution < 1.29 is 9.90 Å². The molecule has 2 heterocycles. The number of rotatable bonds is 2. The van der Waals surface area contributed by atoms with Gasteiger partial charge in [-0.3, -0.25) is 0 Å². The van der Waals surface area contributed by atoms with Crippen molar-refractivity contribution in [3.05, 3.63) is 22.3 Å². The minimum Gasteiger partial charge on any atom is -0.465 e. The summed E-state index contributed by atoms with van der Waals surface area (Å²) in [4.78, 5) is 16.6. The molecule has 1 atom stereocenters. The summed E-state index contributed by atoms with van der Waals surface area (Å²) in [7, 11) is 0. The maximum atomic E-state index is 10.8. The zero-order valence-electron chi connectivity index (χ0n) is 9.48. The molecule has 0 spiro atoms. The van der Waals surface area contributed by atoms with E-state index in [1.165, 1.54) is 4.90 Å². The van der Waals surface area contributed by atoms with E-state index < -0.39 is 6.09 Å². The van der Waals surface area contributed by atoms with Crippen molar-refractivity contribution in [2.24, 2.45) is 0 Å². The third kappa shape index (κ3) is 2.88. The zero-order chi connectivity index (χ0) is 12.4. The summed E-state index contributed by atoms with van der Waals surface area (Å²) in [5.41, 5.74) is 0.920. The van der Waals surface area contributed by atoms with Crippen LogP contribution in [0.5, 0.6) is 0 Å². The van der Waals surface area contributed by atoms with Crippen molar-refractivity contribution in [3.63, 3.8) is 0 Å². The molecule has 1 aliphatic rings. The normalized spacial score (nSPS) is 19.4. The molecule has 0 radical (unpaired) electrons. The molecule has 2 rings (SSSR count). The highest BCUT2D eigenvalue weighted by atomic mass is 79.9. The van der Waals surface area contributed by atoms with Gasteiger partial charge in [-0.15, -0.1) is 0 Å². The van der Waals surface area contributed by atoms with Gasteiger partial charge in [-0.2, -0.15) is 0 Å². The molecule has 0 aliphatic carbocycles. The Morgan fingerprint density at radius 2 is 2.41 bits per heavy atom. The Kier molecular flexibility index (Phi) is 3.51. The average molecular weight is 300 g/mol. The second kappa shape index (κ2) is 4.91. The molecule has 0 bridgehead atoms. The van der Waals surface area contributed by atoms with Crippen LogP contribution in [0.25, 0.3) is 0 Å². The Morgan fingerprint density at radius 3 is 3.00 bits per heavy atom. The van der Waals surface area contributed by atoms with E-state index in [9.17, 15) is 4.79 Å². The molecular formula is C11H14BrN3O2. The third-order valence-corrected chi connectivity index (χ3v) is 3.67. The van der Waals surface area contributed by atoms with Gasteiger partial charge < -0.3 is 15.3 Å². The highest BCUT2D eigenvalue weighted by molar-refractivity contribution is 9.10. The van der Waals surface area contributed by atoms with Crippen LogP contribution in [-0.4, -0.2) is 40.2 Å². The second-order valence-electron chi connectivity index (χ2n) is 4.12. The molecule has 0 aromatic carbocycles. The lowest BCUT2D eigenvalue weighted by atomic mass is 10.2. The van der Waals surface area contributed by atoms with Crippen LogP contribution in [-0.2, 0) is 0 Å². The number of amides is 1. The summed E-state index contributed by atoms with van der Waals surface area (Å²) in [5, 5.41) is 12.1. The number of aryl methyl sites for hydroxylation is 1. The molecule has 0 unspecified atom stereocenters. The molecule has 1 amide bonds. The fraction of sp³-hybridized carbons (Fsp3) is 0.455. The molecule has 1 saturated heterocycles. The molecule has 0 saturated carbocycles. The lowest BCUT2D eigenvalue weighted by Gasteiger charge is -2.14. The maximum absolute atomic E-state index is 10.8. The van der Waals surface area contributed by atoms with E-state index in [1.807, 2.05) is 19.1 Å². The van der Waals surface area contributed by atoms with E-state index in [2.05, 4.69) is 26.2 Å². The number of pyridine rings is 1. The Labute approximate surface area is 108 Å². The van der Waals surface area contributed by atoms with Crippen LogP contribution in [0, 0.1) is 6.92 Å². The molecule has 17 heavy (non-hydrogen) atoms. The van der Waals surface area contributed by atoms with Gasteiger partial charge >= 0.3 is 6.09 Å². The lowest BCUT2D eigenvalue weighted by Crippen LogP contribution is -2.30. The topological polar surface area (TPSA) is 65.5 Å². The van der Waals surface area contributed by atoms with Crippen molar-refractivity contribution in [1.29, 1.82) is 0 Å². The molecule has 1 aromatic heterocycles. The largest absolute Gasteiger partial charge is 0.465 e. The minimum atomic E-state index is -0.853. The number of carbonyl (C=O) groups is 1. The molecule has 6 heteroatoms. The van der Waals surface area contributed by atoms with Gasteiger partial charge in [-0.25, -0.2) is 9.78 Å². The van der Waals surface area contributed by atoms with Gasteiger partial charge in [0.25, 0.3) is 0 Å². The Morgan fingerprint density at radius 1 is 1.65 bits per heavy atom. The van der Waals surface area contributed by atoms with Gasteiger partial charge in [0.2, 0.25) is 0 Å². The highest BCUT2D eigenvalue weighted by Gasteiger charge is 2.25. The van der Waals surface area contributed by atoms with E-state index >= 15 is 0 Å². The molecular weight excluding hydrogens is 286 g/mol. The van der Waals surface area contributed by atoms with Crippen molar-refractivity contribution in [3.8, 4) is 0 Å². The van der Waals surface area contributed by atoms with Gasteiger partial charge in [-0.05, 0) is 41.4 Å². The van der Waals surface area contributed by atoms with Crippen LogP contribution >= 0.6 is 15.9 Å². The van der Waals surface area contributed by atoms with E-state index in [0.29, 0.717) is 13.1 Å². The fourth-order valence-corrected chi connectivity index (χ4v) is 2.11. The number of nitrogens with one attached hydrogen (secondary N) is 1. The number of anilines is 1. The number of nitrogens with zero attached hydrogens (tertiary/aromatic N) is 2. The number of likely N-dealkylation sites (tertiary alicyclic amines) is 1. The van der Waals surface area contributed by atoms with Gasteiger partial charge in [0.15, 0.2) is 0 Å². The van der Waals surface area contributed by atoms with Gasteiger partial charge in [0.1, 0.15) is 5.82 Å². The fourth-order valence-electron chi connectivity index (χ4n) is 1.89. The quantitative estimate of drug-likeness (QED) is 0.879. The van der Waals surface area contributed by atoms with Crippen molar-refractivity contribution in [1.82, 2.24) is 9.88 Å². The Hall–Kier alpha value is -1.30. The summed E-state index contributed by atoms with van der Waals surface area (Å²) < 4.78 is 0.974. The van der Waals surface area contributed by atoms with E-state index in [-0.39, 0.29) is 6.04 Å². The third-order valence-electron chi connectivity index (χ3n) is 2.83. The van der Waals surface area contributed by atoms with Crippen molar-refractivity contribution in [2.75, 3.05) is 18.4 Å². The van der Waals surface area contributed by atoms with Crippen LogP contribution in [0.2, 0.25) is 0 Å². The number of hydrogen-bond acceptors (Lipinski definition) is 3. The van der Waals surface area contributed by atoms with Crippen LogP contribution in [0.3, 0.4) is 0 Å². The first-order valence-electron chi connectivity index (χ1n) is 5.44. The minimum absolute atomic E-state index is 0.152. The number of carboxylic acid groups (broad SMARTS) is 1. The summed E-state index contributed by atoms with van der Waals surface area (Å²) in [5.74, 6) is 0.794.